The fraction of sp³-hybridized carbons (Fsp3) is 0.765. The van der Waals surface area contributed by atoms with Crippen molar-refractivity contribution >= 4 is 23.8 Å². The Morgan fingerprint density at radius 2 is 1.30 bits per heavy atom. The van der Waals surface area contributed by atoms with Gasteiger partial charge in [0, 0.05) is 63.4 Å². The number of piperidine rings is 2. The van der Waals surface area contributed by atoms with E-state index in [1.54, 1.807) is 0 Å². The molecule has 13 heteroatoms. The van der Waals surface area contributed by atoms with Crippen LogP contribution in [0.15, 0.2) is 4.99 Å². The van der Waals surface area contributed by atoms with Crippen molar-refractivity contribution in [2.24, 2.45) is 27.9 Å². The molecule has 11 N–H and O–H groups in total. The van der Waals surface area contributed by atoms with Crippen molar-refractivity contribution in [2.75, 3.05) is 54.5 Å². The Hall–Kier alpha value is -2.48. The number of nitrogens with zero attached hydrogens (tertiary/aromatic N) is 6. The van der Waals surface area contributed by atoms with E-state index in [1.165, 1.54) is 0 Å². The highest BCUT2D eigenvalue weighted by atomic mass is 15.5. The Morgan fingerprint density at radius 3 is 1.77 bits per heavy atom. The summed E-state index contributed by atoms with van der Waals surface area (Å²) in [6, 6.07) is -0.107. The number of nitrogens with two attached hydrogens (primary N) is 4. The monoisotopic (exact) mass is 419 g/mol. The van der Waals surface area contributed by atoms with Crippen LogP contribution in [0.4, 0.5) is 17.8 Å². The van der Waals surface area contributed by atoms with E-state index in [1.807, 2.05) is 9.80 Å². The van der Waals surface area contributed by atoms with Crippen LogP contribution in [0, 0.1) is 0 Å². The summed E-state index contributed by atoms with van der Waals surface area (Å²) in [5.41, 5.74) is 30.8. The van der Waals surface area contributed by atoms with Crippen LogP contribution in [0.2, 0.25) is 0 Å². The second-order valence-electron chi connectivity index (χ2n) is 8.34. The number of anilines is 3. The number of rotatable bonds is 4. The Kier molecular flexibility index (Phi) is 6.32. The van der Waals surface area contributed by atoms with Crippen molar-refractivity contribution in [1.29, 1.82) is 0 Å². The molecule has 4 atom stereocenters. The van der Waals surface area contributed by atoms with E-state index in [9.17, 15) is 0 Å². The maximum atomic E-state index is 6.18. The van der Waals surface area contributed by atoms with Gasteiger partial charge in [0.25, 0.3) is 0 Å². The maximum absolute atomic E-state index is 6.18. The predicted octanol–water partition coefficient (Wildman–Crippen LogP) is -3.13. The lowest BCUT2D eigenvalue weighted by atomic mass is 10.0. The Balaban J connectivity index is 1.58. The fourth-order valence-corrected chi connectivity index (χ4v) is 4.11. The lowest BCUT2D eigenvalue weighted by molar-refractivity contribution is 0.441. The quantitative estimate of drug-likeness (QED) is 0.242. The lowest BCUT2D eigenvalue weighted by Gasteiger charge is -2.37. The van der Waals surface area contributed by atoms with Crippen molar-refractivity contribution in [3.63, 3.8) is 0 Å². The normalized spacial score (nSPS) is 29.8. The first-order valence-corrected chi connectivity index (χ1v) is 10.5. The number of hydrazine groups is 1. The molecule has 0 aliphatic carbocycles. The van der Waals surface area contributed by atoms with Crippen LogP contribution in [0.25, 0.3) is 0 Å². The number of hydrogen-bond donors (Lipinski definition) is 7. The van der Waals surface area contributed by atoms with E-state index in [0.29, 0.717) is 50.0 Å². The standard InChI is InChI=1S/C17H33N13/c18-10-4-11(19)7-29(6-10)16-24-15(28-27-14-22-2-1-3-23-14)25-17(26-16)30-8-12(20)5-13(21)9-30/h10-13H,1-9,18-21H2,(H2,22,23,27)(H,24,25,26,28)/t10-,11+,12-,13+. The Labute approximate surface area is 176 Å². The predicted molar refractivity (Wildman–Crippen MR) is 117 cm³/mol. The molecule has 0 amide bonds. The van der Waals surface area contributed by atoms with Crippen LogP contribution in [0.3, 0.4) is 0 Å². The molecule has 30 heavy (non-hydrogen) atoms. The first-order chi connectivity index (χ1) is 14.5. The maximum Gasteiger partial charge on any atom is 0.248 e. The fourth-order valence-electron chi connectivity index (χ4n) is 4.11. The van der Waals surface area contributed by atoms with Gasteiger partial charge in [0.2, 0.25) is 23.8 Å². The SMILES string of the molecule is N[C@@H]1C[C@H](N)CN(c2nc(NNC3=NCCCN3)nc(N3C[C@H](N)C[C@H](N)C3)n2)C1. The highest BCUT2D eigenvalue weighted by Gasteiger charge is 2.28. The molecule has 3 aliphatic rings. The van der Waals surface area contributed by atoms with E-state index in [-0.39, 0.29) is 24.2 Å². The van der Waals surface area contributed by atoms with Gasteiger partial charge in [-0.2, -0.15) is 15.0 Å². The largest absolute Gasteiger partial charge is 0.355 e. The third kappa shape index (κ3) is 5.16. The molecule has 2 fully saturated rings. The summed E-state index contributed by atoms with van der Waals surface area (Å²) in [5, 5.41) is 3.19. The molecule has 4 rings (SSSR count). The molecule has 166 valence electrons. The molecule has 1 aromatic heterocycles. The molecule has 4 heterocycles. The molecule has 0 aromatic carbocycles. The summed E-state index contributed by atoms with van der Waals surface area (Å²) in [6.45, 7) is 4.19. The molecule has 2 saturated heterocycles. The van der Waals surface area contributed by atoms with Gasteiger partial charge in [-0.15, -0.1) is 0 Å². The molecule has 3 aliphatic heterocycles. The number of aliphatic imine (C=N–C) groups is 1. The number of nitrogens with one attached hydrogen (secondary N) is 3. The van der Waals surface area contributed by atoms with Gasteiger partial charge in [-0.1, -0.05) is 0 Å². The van der Waals surface area contributed by atoms with E-state index in [4.69, 9.17) is 27.9 Å². The third-order valence-corrected chi connectivity index (χ3v) is 5.40. The molecule has 0 bridgehead atoms. The molecule has 0 radical (unpaired) electrons. The van der Waals surface area contributed by atoms with Crippen LogP contribution < -0.4 is 48.9 Å². The van der Waals surface area contributed by atoms with Gasteiger partial charge in [0.05, 0.1) is 0 Å². The van der Waals surface area contributed by atoms with Crippen LogP contribution in [0.5, 0.6) is 0 Å². The minimum atomic E-state index is -0.0267. The van der Waals surface area contributed by atoms with Crippen LogP contribution in [-0.4, -0.2) is 84.3 Å². The Bertz CT molecular complexity index is 691. The van der Waals surface area contributed by atoms with Crippen LogP contribution in [0.1, 0.15) is 19.3 Å². The van der Waals surface area contributed by atoms with E-state index >= 15 is 0 Å². The summed E-state index contributed by atoms with van der Waals surface area (Å²) in [5.74, 6) is 2.10. The number of hydrogen-bond acceptors (Lipinski definition) is 13. The topological polar surface area (TPSA) is 198 Å². The van der Waals surface area contributed by atoms with Gasteiger partial charge in [0.15, 0.2) is 0 Å². The minimum Gasteiger partial charge on any atom is -0.355 e. The molecular weight excluding hydrogens is 386 g/mol. The second-order valence-corrected chi connectivity index (χ2v) is 8.34. The van der Waals surface area contributed by atoms with E-state index in [0.717, 1.165) is 32.4 Å². The summed E-state index contributed by atoms with van der Waals surface area (Å²) >= 11 is 0. The molecule has 0 unspecified atom stereocenters. The number of guanidine groups is 1. The van der Waals surface area contributed by atoms with Crippen molar-refractivity contribution < 1.29 is 0 Å². The molecule has 0 saturated carbocycles. The van der Waals surface area contributed by atoms with Gasteiger partial charge in [-0.25, -0.2) is 0 Å². The lowest BCUT2D eigenvalue weighted by Crippen LogP contribution is -2.54. The second kappa shape index (κ2) is 9.12. The van der Waals surface area contributed by atoms with E-state index < -0.39 is 0 Å². The van der Waals surface area contributed by atoms with Gasteiger partial charge < -0.3 is 38.1 Å². The minimum absolute atomic E-state index is 0.0267. The van der Waals surface area contributed by atoms with Gasteiger partial charge in [-0.3, -0.25) is 15.8 Å². The summed E-state index contributed by atoms with van der Waals surface area (Å²) < 4.78 is 0. The molecule has 0 spiro atoms. The zero-order valence-corrected chi connectivity index (χ0v) is 17.2. The Morgan fingerprint density at radius 1 is 0.767 bits per heavy atom. The van der Waals surface area contributed by atoms with Crippen LogP contribution >= 0.6 is 0 Å². The summed E-state index contributed by atoms with van der Waals surface area (Å²) in [7, 11) is 0. The van der Waals surface area contributed by atoms with E-state index in [2.05, 4.69) is 31.1 Å². The average molecular weight is 420 g/mol. The summed E-state index contributed by atoms with van der Waals surface area (Å²) in [4.78, 5) is 22.3. The third-order valence-electron chi connectivity index (χ3n) is 5.40. The highest BCUT2D eigenvalue weighted by molar-refractivity contribution is 5.81. The number of aromatic nitrogens is 3. The average Bonchev–Trinajstić information content (AvgIpc) is 2.71. The van der Waals surface area contributed by atoms with Crippen molar-refractivity contribution in [2.45, 2.75) is 43.4 Å². The van der Waals surface area contributed by atoms with Crippen molar-refractivity contribution in [3.8, 4) is 0 Å². The highest BCUT2D eigenvalue weighted by Crippen LogP contribution is 2.21. The smallest absolute Gasteiger partial charge is 0.248 e. The van der Waals surface area contributed by atoms with Crippen molar-refractivity contribution in [1.82, 2.24) is 25.7 Å². The molecule has 1 aromatic rings. The van der Waals surface area contributed by atoms with Crippen LogP contribution in [-0.2, 0) is 0 Å². The molecular formula is C17H33N13. The molecule has 13 nitrogen and oxygen atoms in total. The van der Waals surface area contributed by atoms with Gasteiger partial charge in [-0.05, 0) is 19.3 Å². The first kappa shape index (κ1) is 20.8. The van der Waals surface area contributed by atoms with Crippen molar-refractivity contribution in [3.05, 3.63) is 0 Å². The van der Waals surface area contributed by atoms with Gasteiger partial charge in [0.1, 0.15) is 0 Å². The summed E-state index contributed by atoms with van der Waals surface area (Å²) in [6.07, 6.45) is 2.57. The van der Waals surface area contributed by atoms with Gasteiger partial charge >= 0.3 is 0 Å². The first-order valence-electron chi connectivity index (χ1n) is 10.5. The zero-order chi connectivity index (χ0) is 21.1. The zero-order valence-electron chi connectivity index (χ0n) is 17.2.